The monoisotopic (exact) mass is 349 g/mol. The lowest BCUT2D eigenvalue weighted by atomic mass is 10.0. The fraction of sp³-hybridized carbons (Fsp3) is 0.238. The summed E-state index contributed by atoms with van der Waals surface area (Å²) < 4.78 is 11.3. The summed E-state index contributed by atoms with van der Waals surface area (Å²) >= 11 is 0. The second kappa shape index (κ2) is 6.33. The zero-order valence-corrected chi connectivity index (χ0v) is 14.3. The highest BCUT2D eigenvalue weighted by Crippen LogP contribution is 2.34. The van der Waals surface area contributed by atoms with Crippen molar-refractivity contribution in [3.63, 3.8) is 0 Å². The molecule has 2 aromatic carbocycles. The van der Waals surface area contributed by atoms with E-state index in [1.807, 2.05) is 6.07 Å². The number of hydrogen-bond acceptors (Lipinski definition) is 5. The number of ether oxygens (including phenoxy) is 1. The molecule has 0 radical (unpaired) electrons. The van der Waals surface area contributed by atoms with E-state index in [9.17, 15) is 14.7 Å². The van der Waals surface area contributed by atoms with Crippen LogP contribution in [0.4, 0.5) is 0 Å². The predicted molar refractivity (Wildman–Crippen MR) is 94.1 cm³/mol. The van der Waals surface area contributed by atoms with E-state index in [2.05, 4.69) is 0 Å². The molecule has 5 nitrogen and oxygen atoms in total. The minimum atomic E-state index is -1.33. The van der Waals surface area contributed by atoms with Crippen LogP contribution in [0.15, 0.2) is 51.7 Å². The Bertz CT molecular complexity index is 1050. The maximum Gasteiger partial charge on any atom is 0.339 e. The van der Waals surface area contributed by atoms with Crippen LogP contribution in [0.3, 0.4) is 0 Å². The number of aryl methyl sites for hydroxylation is 2. The van der Waals surface area contributed by atoms with Gasteiger partial charge in [-0.2, -0.15) is 0 Å². The molecule has 3 aromatic rings. The van der Waals surface area contributed by atoms with Crippen molar-refractivity contribution in [2.24, 2.45) is 0 Å². The summed E-state index contributed by atoms with van der Waals surface area (Å²) in [6.45, 7) is 1.76. The van der Waals surface area contributed by atoms with Crippen LogP contribution in [0.25, 0.3) is 11.0 Å². The van der Waals surface area contributed by atoms with Crippen LogP contribution < -0.4 is 15.5 Å². The zero-order valence-electron chi connectivity index (χ0n) is 14.3. The fourth-order valence-corrected chi connectivity index (χ4v) is 3.60. The van der Waals surface area contributed by atoms with Crippen molar-refractivity contribution in [2.45, 2.75) is 32.3 Å². The smallest absolute Gasteiger partial charge is 0.339 e. The molecule has 1 aliphatic rings. The van der Waals surface area contributed by atoms with E-state index in [1.165, 1.54) is 0 Å². The van der Waals surface area contributed by atoms with Gasteiger partial charge >= 0.3 is 5.63 Å². The first-order valence-electron chi connectivity index (χ1n) is 8.57. The van der Waals surface area contributed by atoms with E-state index in [-0.39, 0.29) is 5.63 Å². The Hall–Kier alpha value is -3.08. The van der Waals surface area contributed by atoms with Gasteiger partial charge in [-0.05, 0) is 49.4 Å². The molecule has 0 unspecified atom stereocenters. The maximum absolute atomic E-state index is 12.2. The van der Waals surface area contributed by atoms with Crippen LogP contribution in [0.1, 0.15) is 34.8 Å². The van der Waals surface area contributed by atoms with Gasteiger partial charge in [0.15, 0.2) is 6.10 Å². The number of aliphatic carboxylic acids is 1. The van der Waals surface area contributed by atoms with Crippen LogP contribution in [-0.2, 0) is 17.6 Å². The van der Waals surface area contributed by atoms with Gasteiger partial charge in [-0.1, -0.05) is 30.3 Å². The third kappa shape index (κ3) is 2.65. The second-order valence-electron chi connectivity index (χ2n) is 6.49. The van der Waals surface area contributed by atoms with E-state index in [0.29, 0.717) is 22.5 Å². The lowest BCUT2D eigenvalue weighted by molar-refractivity contribution is -0.314. The van der Waals surface area contributed by atoms with Crippen LogP contribution in [0.5, 0.6) is 5.75 Å². The molecule has 0 aliphatic heterocycles. The van der Waals surface area contributed by atoms with Crippen molar-refractivity contribution in [3.8, 4) is 5.75 Å². The molecule has 0 saturated heterocycles. The lowest BCUT2D eigenvalue weighted by Crippen LogP contribution is -2.33. The number of rotatable bonds is 4. The van der Waals surface area contributed by atoms with Crippen molar-refractivity contribution in [1.82, 2.24) is 0 Å². The van der Waals surface area contributed by atoms with Crippen molar-refractivity contribution in [1.29, 1.82) is 0 Å². The number of fused-ring (bicyclic) bond motifs is 3. The molecule has 1 aliphatic carbocycles. The number of carboxylic acid groups (broad SMARTS) is 1. The van der Waals surface area contributed by atoms with Gasteiger partial charge in [-0.15, -0.1) is 0 Å². The molecule has 5 heteroatoms. The SMILES string of the molecule is Cc1c(O[C@@H](C(=O)[O-])c2ccccc2)ccc2c3c(c(=O)oc12)CCC3. The van der Waals surface area contributed by atoms with Crippen molar-refractivity contribution in [3.05, 3.63) is 75.1 Å². The topological polar surface area (TPSA) is 79.6 Å². The molecule has 0 bridgehead atoms. The Labute approximate surface area is 149 Å². The summed E-state index contributed by atoms with van der Waals surface area (Å²) in [5, 5.41) is 12.5. The first-order chi connectivity index (χ1) is 12.6. The minimum Gasteiger partial charge on any atom is -0.546 e. The van der Waals surface area contributed by atoms with Crippen molar-refractivity contribution < 1.29 is 19.1 Å². The fourth-order valence-electron chi connectivity index (χ4n) is 3.60. The Morgan fingerprint density at radius 2 is 1.85 bits per heavy atom. The van der Waals surface area contributed by atoms with E-state index >= 15 is 0 Å². The molecule has 4 rings (SSSR count). The Balaban J connectivity index is 1.80. The van der Waals surface area contributed by atoms with Crippen LogP contribution >= 0.6 is 0 Å². The molecule has 132 valence electrons. The average molecular weight is 349 g/mol. The van der Waals surface area contributed by atoms with Crippen molar-refractivity contribution >= 4 is 16.9 Å². The van der Waals surface area contributed by atoms with Gasteiger partial charge in [-0.25, -0.2) is 4.79 Å². The number of carboxylic acids is 1. The minimum absolute atomic E-state index is 0.315. The standard InChI is InChI=1S/C21H18O5/c1-12-17(25-19(20(22)23)13-6-3-2-4-7-13)11-10-15-14-8-5-9-16(14)21(24)26-18(12)15/h2-4,6-7,10-11,19H,5,8-9H2,1H3,(H,22,23)/p-1/t19-/m1/s1. The Kier molecular flexibility index (Phi) is 3.99. The molecular formula is C21H17O5-. The lowest BCUT2D eigenvalue weighted by Gasteiger charge is -2.22. The first-order valence-corrected chi connectivity index (χ1v) is 8.57. The van der Waals surface area contributed by atoms with E-state index < -0.39 is 12.1 Å². The summed E-state index contributed by atoms with van der Waals surface area (Å²) in [5.74, 6) is -0.970. The second-order valence-corrected chi connectivity index (χ2v) is 6.49. The van der Waals surface area contributed by atoms with Gasteiger partial charge in [-0.3, -0.25) is 0 Å². The number of carbonyl (C=O) groups excluding carboxylic acids is 1. The molecule has 1 aromatic heterocycles. The third-order valence-corrected chi connectivity index (χ3v) is 4.90. The van der Waals surface area contributed by atoms with Crippen LogP contribution in [-0.4, -0.2) is 5.97 Å². The predicted octanol–water partition coefficient (Wildman–Crippen LogP) is 2.46. The normalized spacial score (nSPS) is 14.2. The molecule has 0 N–H and O–H groups in total. The highest BCUT2D eigenvalue weighted by molar-refractivity contribution is 5.86. The summed E-state index contributed by atoms with van der Waals surface area (Å²) in [7, 11) is 0. The van der Waals surface area contributed by atoms with Gasteiger partial charge in [0.2, 0.25) is 0 Å². The van der Waals surface area contributed by atoms with Gasteiger partial charge < -0.3 is 19.1 Å². The molecule has 1 atom stereocenters. The van der Waals surface area contributed by atoms with Gasteiger partial charge in [0.1, 0.15) is 11.3 Å². The molecule has 0 fully saturated rings. The highest BCUT2D eigenvalue weighted by Gasteiger charge is 2.22. The third-order valence-electron chi connectivity index (χ3n) is 4.90. The summed E-state index contributed by atoms with van der Waals surface area (Å²) in [5.41, 5.74) is 3.02. The molecule has 0 saturated carbocycles. The van der Waals surface area contributed by atoms with Crippen LogP contribution in [0, 0.1) is 6.92 Å². The number of benzene rings is 2. The van der Waals surface area contributed by atoms with E-state index in [4.69, 9.17) is 9.15 Å². The summed E-state index contributed by atoms with van der Waals surface area (Å²) in [6, 6.07) is 12.2. The molecular weight excluding hydrogens is 332 g/mol. The molecule has 1 heterocycles. The Morgan fingerprint density at radius 1 is 1.12 bits per heavy atom. The number of carbonyl (C=O) groups is 1. The summed E-state index contributed by atoms with van der Waals surface area (Å²) in [6.07, 6.45) is 1.29. The molecule has 0 spiro atoms. The van der Waals surface area contributed by atoms with E-state index in [1.54, 1.807) is 43.3 Å². The largest absolute Gasteiger partial charge is 0.546 e. The van der Waals surface area contributed by atoms with Gasteiger partial charge in [0.25, 0.3) is 0 Å². The summed E-state index contributed by atoms with van der Waals surface area (Å²) in [4.78, 5) is 23.8. The molecule has 0 amide bonds. The number of hydrogen-bond donors (Lipinski definition) is 0. The van der Waals surface area contributed by atoms with Crippen molar-refractivity contribution in [2.75, 3.05) is 0 Å². The molecule has 26 heavy (non-hydrogen) atoms. The first kappa shape index (κ1) is 16.4. The van der Waals surface area contributed by atoms with Gasteiger partial charge in [0, 0.05) is 16.5 Å². The zero-order chi connectivity index (χ0) is 18.3. The quantitative estimate of drug-likeness (QED) is 0.676. The average Bonchev–Trinajstić information content (AvgIpc) is 3.13. The highest BCUT2D eigenvalue weighted by atomic mass is 16.5. The van der Waals surface area contributed by atoms with E-state index in [0.717, 1.165) is 35.8 Å². The Morgan fingerprint density at radius 3 is 2.58 bits per heavy atom. The van der Waals surface area contributed by atoms with Crippen LogP contribution in [0.2, 0.25) is 0 Å². The maximum atomic E-state index is 12.2. The van der Waals surface area contributed by atoms with Gasteiger partial charge in [0.05, 0.1) is 5.97 Å².